The van der Waals surface area contributed by atoms with E-state index in [0.29, 0.717) is 16.8 Å². The van der Waals surface area contributed by atoms with Gasteiger partial charge >= 0.3 is 5.63 Å². The van der Waals surface area contributed by atoms with Gasteiger partial charge < -0.3 is 9.73 Å². The third-order valence-electron chi connectivity index (χ3n) is 4.25. The molecule has 1 amide bonds. The number of nitrogens with zero attached hydrogens (tertiary/aromatic N) is 1. The van der Waals surface area contributed by atoms with E-state index in [4.69, 9.17) is 4.42 Å². The number of hydrogen-bond donors (Lipinski definition) is 1. The van der Waals surface area contributed by atoms with E-state index < -0.39 is 27.1 Å². The maximum Gasteiger partial charge on any atom is 0.345 e. The van der Waals surface area contributed by atoms with E-state index in [1.165, 1.54) is 0 Å². The molecule has 152 valence electrons. The van der Waals surface area contributed by atoms with Crippen molar-refractivity contribution in [1.29, 1.82) is 0 Å². The zero-order chi connectivity index (χ0) is 21.1. The molecule has 0 aliphatic rings. The normalized spacial score (nSPS) is 11.5. The van der Waals surface area contributed by atoms with Crippen LogP contribution in [-0.4, -0.2) is 25.1 Å². The number of hydrogen-bond acceptors (Lipinski definition) is 7. The lowest BCUT2D eigenvalue weighted by molar-refractivity contribution is -0.113. The molecule has 0 aliphatic heterocycles. The summed E-state index contributed by atoms with van der Waals surface area (Å²) in [5.41, 5.74) is 1.16. The molecule has 2 heterocycles. The third kappa shape index (κ3) is 4.64. The van der Waals surface area contributed by atoms with Crippen molar-refractivity contribution in [2.24, 2.45) is 0 Å². The summed E-state index contributed by atoms with van der Waals surface area (Å²) in [6.07, 6.45) is 0. The Labute approximate surface area is 175 Å². The zero-order valence-electron chi connectivity index (χ0n) is 15.6. The van der Waals surface area contributed by atoms with Crippen molar-refractivity contribution in [3.05, 3.63) is 82.0 Å². The summed E-state index contributed by atoms with van der Waals surface area (Å²) in [7, 11) is -3.63. The van der Waals surface area contributed by atoms with Gasteiger partial charge in [-0.3, -0.25) is 4.79 Å². The Morgan fingerprint density at radius 3 is 2.60 bits per heavy atom. The minimum absolute atomic E-state index is 0.206. The number of aromatic nitrogens is 1. The van der Waals surface area contributed by atoms with Gasteiger partial charge in [0.15, 0.2) is 15.0 Å². The highest BCUT2D eigenvalue weighted by atomic mass is 32.2. The van der Waals surface area contributed by atoms with Gasteiger partial charge in [-0.15, -0.1) is 11.3 Å². The van der Waals surface area contributed by atoms with Crippen molar-refractivity contribution in [2.45, 2.75) is 5.75 Å². The molecule has 0 unspecified atom stereocenters. The van der Waals surface area contributed by atoms with Crippen LogP contribution in [0.5, 0.6) is 0 Å². The average Bonchev–Trinajstić information content (AvgIpc) is 3.15. The van der Waals surface area contributed by atoms with Gasteiger partial charge in [0.05, 0.1) is 17.0 Å². The number of thiazole rings is 1. The van der Waals surface area contributed by atoms with E-state index >= 15 is 0 Å². The molecule has 4 aromatic rings. The van der Waals surface area contributed by atoms with Gasteiger partial charge in [-0.05, 0) is 17.7 Å². The molecular formula is C21H16N2O5S2. The second kappa shape index (κ2) is 8.21. The standard InChI is InChI=1S/C21H16N2O5S2/c24-19(13-30(26,27)12-14-6-2-1-3-7-14)23-21-22-17(11-29-21)16-10-15-8-4-5-9-18(15)28-20(16)25/h1-11H,12-13H2,(H,22,23,24). The number of rotatable bonds is 6. The first-order valence-electron chi connectivity index (χ1n) is 8.93. The Morgan fingerprint density at radius 2 is 1.80 bits per heavy atom. The number of amides is 1. The Bertz CT molecular complexity index is 1380. The smallest absolute Gasteiger partial charge is 0.345 e. The molecule has 1 N–H and O–H groups in total. The van der Waals surface area contributed by atoms with Crippen molar-refractivity contribution >= 4 is 43.2 Å². The molecule has 0 bridgehead atoms. The third-order valence-corrected chi connectivity index (χ3v) is 6.48. The average molecular weight is 441 g/mol. The summed E-state index contributed by atoms with van der Waals surface area (Å²) in [5.74, 6) is -1.56. The van der Waals surface area contributed by atoms with Gasteiger partial charge in [-0.25, -0.2) is 18.2 Å². The van der Waals surface area contributed by atoms with Crippen molar-refractivity contribution in [2.75, 3.05) is 11.1 Å². The zero-order valence-corrected chi connectivity index (χ0v) is 17.2. The summed E-state index contributed by atoms with van der Waals surface area (Å²) < 4.78 is 29.8. The largest absolute Gasteiger partial charge is 0.422 e. The topological polar surface area (TPSA) is 106 Å². The van der Waals surface area contributed by atoms with Crippen LogP contribution in [-0.2, 0) is 20.4 Å². The maximum atomic E-state index is 12.3. The van der Waals surface area contributed by atoms with Crippen molar-refractivity contribution < 1.29 is 17.6 Å². The summed E-state index contributed by atoms with van der Waals surface area (Å²) in [5, 5.41) is 5.05. The quantitative estimate of drug-likeness (QED) is 0.460. The van der Waals surface area contributed by atoms with Crippen LogP contribution in [0.1, 0.15) is 5.56 Å². The number of fused-ring (bicyclic) bond motifs is 1. The first-order chi connectivity index (χ1) is 14.4. The first-order valence-corrected chi connectivity index (χ1v) is 11.6. The maximum absolute atomic E-state index is 12.3. The SMILES string of the molecule is O=C(CS(=O)(=O)Cc1ccccc1)Nc1nc(-c2cc3ccccc3oc2=O)cs1. The van der Waals surface area contributed by atoms with Gasteiger partial charge in [-0.2, -0.15) is 0 Å². The second-order valence-corrected chi connectivity index (χ2v) is 9.51. The van der Waals surface area contributed by atoms with Crippen LogP contribution in [0.3, 0.4) is 0 Å². The lowest BCUT2D eigenvalue weighted by Gasteiger charge is -2.04. The molecule has 30 heavy (non-hydrogen) atoms. The number of para-hydroxylation sites is 1. The Hall–Kier alpha value is -3.30. The fraction of sp³-hybridized carbons (Fsp3) is 0.0952. The number of anilines is 1. The first kappa shape index (κ1) is 20.0. The van der Waals surface area contributed by atoms with Gasteiger partial charge in [0.2, 0.25) is 5.91 Å². The van der Waals surface area contributed by atoms with E-state index in [9.17, 15) is 18.0 Å². The van der Waals surface area contributed by atoms with Gasteiger partial charge in [0.25, 0.3) is 0 Å². The number of nitrogens with one attached hydrogen (secondary N) is 1. The number of carbonyl (C=O) groups excluding carboxylic acids is 1. The highest BCUT2D eigenvalue weighted by molar-refractivity contribution is 7.91. The molecule has 7 nitrogen and oxygen atoms in total. The van der Waals surface area contributed by atoms with Crippen LogP contribution < -0.4 is 10.9 Å². The van der Waals surface area contributed by atoms with Crippen LogP contribution >= 0.6 is 11.3 Å². The lowest BCUT2D eigenvalue weighted by Crippen LogP contribution is -2.23. The van der Waals surface area contributed by atoms with Crippen molar-refractivity contribution in [1.82, 2.24) is 4.98 Å². The Morgan fingerprint density at radius 1 is 1.07 bits per heavy atom. The minimum atomic E-state index is -3.63. The van der Waals surface area contributed by atoms with Gasteiger partial charge in [0, 0.05) is 10.8 Å². The Balaban J connectivity index is 1.48. The van der Waals surface area contributed by atoms with Crippen LogP contribution in [0.4, 0.5) is 5.13 Å². The highest BCUT2D eigenvalue weighted by Gasteiger charge is 2.19. The monoisotopic (exact) mass is 440 g/mol. The molecule has 9 heteroatoms. The summed E-state index contributed by atoms with van der Waals surface area (Å²) >= 11 is 1.10. The van der Waals surface area contributed by atoms with Crippen LogP contribution in [0.2, 0.25) is 0 Å². The molecule has 4 rings (SSSR count). The predicted molar refractivity (Wildman–Crippen MR) is 116 cm³/mol. The van der Waals surface area contributed by atoms with E-state index in [1.54, 1.807) is 53.9 Å². The molecule has 0 aliphatic carbocycles. The number of benzene rings is 2. The molecule has 0 radical (unpaired) electrons. The molecule has 0 saturated carbocycles. The summed E-state index contributed by atoms with van der Waals surface area (Å²) in [4.78, 5) is 28.7. The molecule has 0 spiro atoms. The number of sulfone groups is 1. The van der Waals surface area contributed by atoms with Gasteiger partial charge in [0.1, 0.15) is 11.3 Å². The fourth-order valence-electron chi connectivity index (χ4n) is 2.93. The predicted octanol–water partition coefficient (Wildman–Crippen LogP) is 3.47. The molecule has 0 atom stereocenters. The molecule has 0 saturated heterocycles. The van der Waals surface area contributed by atoms with Crippen molar-refractivity contribution in [3.8, 4) is 11.3 Å². The molecule has 2 aromatic carbocycles. The van der Waals surface area contributed by atoms with Crippen molar-refractivity contribution in [3.63, 3.8) is 0 Å². The van der Waals surface area contributed by atoms with Crippen LogP contribution in [0, 0.1) is 0 Å². The fourth-order valence-corrected chi connectivity index (χ4v) is 4.93. The lowest BCUT2D eigenvalue weighted by atomic mass is 10.1. The summed E-state index contributed by atoms with van der Waals surface area (Å²) in [6, 6.07) is 17.4. The summed E-state index contributed by atoms with van der Waals surface area (Å²) in [6.45, 7) is 0. The van der Waals surface area contributed by atoms with E-state index in [0.717, 1.165) is 16.7 Å². The highest BCUT2D eigenvalue weighted by Crippen LogP contribution is 2.25. The minimum Gasteiger partial charge on any atom is -0.422 e. The van der Waals surface area contributed by atoms with Crippen LogP contribution in [0.15, 0.2) is 75.3 Å². The van der Waals surface area contributed by atoms with Gasteiger partial charge in [-0.1, -0.05) is 48.5 Å². The molecule has 0 fully saturated rings. The molecule has 2 aromatic heterocycles. The van der Waals surface area contributed by atoms with E-state index in [-0.39, 0.29) is 16.4 Å². The number of carbonyl (C=O) groups is 1. The Kier molecular flexibility index (Phi) is 5.47. The second-order valence-electron chi connectivity index (χ2n) is 6.59. The molecular weight excluding hydrogens is 424 g/mol. The van der Waals surface area contributed by atoms with Crippen LogP contribution in [0.25, 0.3) is 22.2 Å². The van der Waals surface area contributed by atoms with E-state index in [1.807, 2.05) is 12.1 Å². The van der Waals surface area contributed by atoms with E-state index in [2.05, 4.69) is 10.3 Å².